The second-order valence-electron chi connectivity index (χ2n) is 7.34. The van der Waals surface area contributed by atoms with Gasteiger partial charge >= 0.3 is 0 Å². The van der Waals surface area contributed by atoms with Crippen LogP contribution in [0.3, 0.4) is 0 Å². The number of imidazole rings is 1. The maximum absolute atomic E-state index is 13.0. The Bertz CT molecular complexity index is 1270. The van der Waals surface area contributed by atoms with Gasteiger partial charge in [0.05, 0.1) is 5.52 Å². The van der Waals surface area contributed by atoms with Crippen LogP contribution in [0.2, 0.25) is 0 Å². The zero-order chi connectivity index (χ0) is 21.3. The van der Waals surface area contributed by atoms with Crippen LogP contribution in [-0.2, 0) is 0 Å². The Morgan fingerprint density at radius 1 is 0.833 bits per heavy atom. The van der Waals surface area contributed by atoms with Gasteiger partial charge in [0.15, 0.2) is 5.69 Å². The van der Waals surface area contributed by atoms with Gasteiger partial charge in [0.25, 0.3) is 11.8 Å². The first kappa shape index (κ1) is 19.4. The van der Waals surface area contributed by atoms with E-state index in [1.54, 1.807) is 22.7 Å². The van der Waals surface area contributed by atoms with E-state index < -0.39 is 0 Å². The standard InChI is InChI=1S/C24H22N4O2/c1-15-7-6-8-18(13-15)25-23(29)21-20-9-4-5-12-28(20)22(27-21)24(30)26-19-14-16(2)10-11-17(19)3/h4-14H,1-3H3,(H,25,29)(H,26,30). The largest absolute Gasteiger partial charge is 0.321 e. The van der Waals surface area contributed by atoms with Crippen molar-refractivity contribution in [1.29, 1.82) is 0 Å². The number of pyridine rings is 1. The van der Waals surface area contributed by atoms with E-state index in [1.165, 1.54) is 0 Å². The maximum atomic E-state index is 13.0. The van der Waals surface area contributed by atoms with Crippen LogP contribution in [0.4, 0.5) is 11.4 Å². The molecule has 0 saturated carbocycles. The lowest BCUT2D eigenvalue weighted by Gasteiger charge is -2.08. The second-order valence-corrected chi connectivity index (χ2v) is 7.34. The Morgan fingerprint density at radius 3 is 2.43 bits per heavy atom. The van der Waals surface area contributed by atoms with Crippen molar-refractivity contribution in [1.82, 2.24) is 9.38 Å². The molecule has 4 aromatic rings. The average molecular weight is 398 g/mol. The Kier molecular flexibility index (Phi) is 5.06. The van der Waals surface area contributed by atoms with Crippen LogP contribution in [0, 0.1) is 20.8 Å². The minimum Gasteiger partial charge on any atom is -0.321 e. The van der Waals surface area contributed by atoms with E-state index in [4.69, 9.17) is 0 Å². The van der Waals surface area contributed by atoms with Crippen LogP contribution in [0.25, 0.3) is 5.52 Å². The minimum atomic E-state index is -0.375. The summed E-state index contributed by atoms with van der Waals surface area (Å²) in [4.78, 5) is 30.3. The molecule has 0 fully saturated rings. The van der Waals surface area contributed by atoms with Crippen molar-refractivity contribution in [2.24, 2.45) is 0 Å². The zero-order valence-corrected chi connectivity index (χ0v) is 17.1. The number of hydrogen-bond donors (Lipinski definition) is 2. The molecule has 2 aromatic heterocycles. The third kappa shape index (κ3) is 3.80. The van der Waals surface area contributed by atoms with Gasteiger partial charge in [-0.25, -0.2) is 4.98 Å². The maximum Gasteiger partial charge on any atom is 0.292 e. The van der Waals surface area contributed by atoms with Crippen LogP contribution in [0.1, 0.15) is 37.8 Å². The van der Waals surface area contributed by atoms with Crippen molar-refractivity contribution in [3.63, 3.8) is 0 Å². The number of anilines is 2. The third-order valence-corrected chi connectivity index (χ3v) is 4.88. The lowest BCUT2D eigenvalue weighted by Crippen LogP contribution is -2.17. The number of fused-ring (bicyclic) bond motifs is 1. The van der Waals surface area contributed by atoms with Crippen molar-refractivity contribution in [2.45, 2.75) is 20.8 Å². The van der Waals surface area contributed by atoms with Crippen molar-refractivity contribution >= 4 is 28.7 Å². The van der Waals surface area contributed by atoms with Gasteiger partial charge in [0, 0.05) is 17.6 Å². The molecular weight excluding hydrogens is 376 g/mol. The molecule has 0 bridgehead atoms. The van der Waals surface area contributed by atoms with Crippen molar-refractivity contribution in [3.05, 3.63) is 95.1 Å². The second kappa shape index (κ2) is 7.83. The number of rotatable bonds is 4. The topological polar surface area (TPSA) is 75.5 Å². The summed E-state index contributed by atoms with van der Waals surface area (Å²) in [6.07, 6.45) is 1.73. The predicted molar refractivity (Wildman–Crippen MR) is 118 cm³/mol. The van der Waals surface area contributed by atoms with Gasteiger partial charge in [-0.3, -0.25) is 14.0 Å². The highest BCUT2D eigenvalue weighted by atomic mass is 16.2. The zero-order valence-electron chi connectivity index (χ0n) is 17.1. The van der Waals surface area contributed by atoms with Gasteiger partial charge in [0.1, 0.15) is 0 Å². The molecule has 0 saturated heterocycles. The van der Waals surface area contributed by atoms with Gasteiger partial charge in [0.2, 0.25) is 5.82 Å². The van der Waals surface area contributed by atoms with Gasteiger partial charge in [-0.1, -0.05) is 30.3 Å². The lowest BCUT2D eigenvalue weighted by molar-refractivity contribution is 0.101. The number of nitrogens with one attached hydrogen (secondary N) is 2. The number of benzene rings is 2. The average Bonchev–Trinajstić information content (AvgIpc) is 3.11. The molecule has 2 heterocycles. The molecule has 0 aliphatic heterocycles. The molecule has 6 nitrogen and oxygen atoms in total. The lowest BCUT2D eigenvalue weighted by atomic mass is 10.1. The number of aryl methyl sites for hydroxylation is 3. The normalized spacial score (nSPS) is 10.8. The number of carbonyl (C=O) groups excluding carboxylic acids is 2. The van der Waals surface area contributed by atoms with E-state index in [0.29, 0.717) is 11.2 Å². The van der Waals surface area contributed by atoms with E-state index in [2.05, 4.69) is 15.6 Å². The molecule has 2 aromatic carbocycles. The molecule has 30 heavy (non-hydrogen) atoms. The number of nitrogens with zero attached hydrogens (tertiary/aromatic N) is 2. The van der Waals surface area contributed by atoms with Crippen LogP contribution < -0.4 is 10.6 Å². The van der Waals surface area contributed by atoms with Crippen LogP contribution in [0.15, 0.2) is 66.9 Å². The highest BCUT2D eigenvalue weighted by molar-refractivity contribution is 6.10. The number of carbonyl (C=O) groups is 2. The van der Waals surface area contributed by atoms with Gasteiger partial charge < -0.3 is 10.6 Å². The first-order valence-corrected chi connectivity index (χ1v) is 9.66. The fraction of sp³-hybridized carbons (Fsp3) is 0.125. The minimum absolute atomic E-state index is 0.154. The first-order chi connectivity index (χ1) is 14.4. The summed E-state index contributed by atoms with van der Waals surface area (Å²) in [7, 11) is 0. The number of amides is 2. The molecule has 0 aliphatic carbocycles. The number of hydrogen-bond acceptors (Lipinski definition) is 3. The summed E-state index contributed by atoms with van der Waals surface area (Å²) in [5, 5.41) is 5.78. The summed E-state index contributed by atoms with van der Waals surface area (Å²) in [6.45, 7) is 5.85. The Morgan fingerprint density at radius 2 is 1.63 bits per heavy atom. The molecule has 2 amide bonds. The van der Waals surface area contributed by atoms with Crippen molar-refractivity contribution in [3.8, 4) is 0 Å². The Hall–Kier alpha value is -3.93. The Balaban J connectivity index is 1.69. The summed E-state index contributed by atoms with van der Waals surface area (Å²) in [5.74, 6) is -0.588. The molecule has 0 radical (unpaired) electrons. The molecule has 4 rings (SSSR count). The SMILES string of the molecule is Cc1cccc(NC(=O)c2nc(C(=O)Nc3cc(C)ccc3C)n3ccccc23)c1. The van der Waals surface area contributed by atoms with Gasteiger partial charge in [-0.05, 0) is 67.8 Å². The van der Waals surface area contributed by atoms with E-state index in [0.717, 1.165) is 22.4 Å². The van der Waals surface area contributed by atoms with Crippen molar-refractivity contribution in [2.75, 3.05) is 10.6 Å². The van der Waals surface area contributed by atoms with Crippen molar-refractivity contribution < 1.29 is 9.59 Å². The molecular formula is C24H22N4O2. The van der Waals surface area contributed by atoms with Gasteiger partial charge in [-0.15, -0.1) is 0 Å². The summed E-state index contributed by atoms with van der Waals surface area (Å²) >= 11 is 0. The summed E-state index contributed by atoms with van der Waals surface area (Å²) in [6, 6.07) is 18.8. The summed E-state index contributed by atoms with van der Waals surface area (Å²) in [5.41, 5.74) is 5.19. The first-order valence-electron chi connectivity index (χ1n) is 9.66. The van der Waals surface area contributed by atoms with Crippen LogP contribution in [0.5, 0.6) is 0 Å². The van der Waals surface area contributed by atoms with Gasteiger partial charge in [-0.2, -0.15) is 0 Å². The van der Waals surface area contributed by atoms with E-state index in [9.17, 15) is 9.59 Å². The number of aromatic nitrogens is 2. The molecule has 0 unspecified atom stereocenters. The van der Waals surface area contributed by atoms with E-state index in [1.807, 2.05) is 69.3 Å². The van der Waals surface area contributed by atoms with E-state index in [-0.39, 0.29) is 23.3 Å². The van der Waals surface area contributed by atoms with Crippen LogP contribution >= 0.6 is 0 Å². The predicted octanol–water partition coefficient (Wildman–Crippen LogP) is 4.76. The molecule has 0 aliphatic rings. The fourth-order valence-corrected chi connectivity index (χ4v) is 3.33. The molecule has 0 atom stereocenters. The molecule has 0 spiro atoms. The smallest absolute Gasteiger partial charge is 0.292 e. The monoisotopic (exact) mass is 398 g/mol. The molecule has 2 N–H and O–H groups in total. The van der Waals surface area contributed by atoms with E-state index >= 15 is 0 Å². The highest BCUT2D eigenvalue weighted by Crippen LogP contribution is 2.20. The Labute approximate surface area is 174 Å². The highest BCUT2D eigenvalue weighted by Gasteiger charge is 2.22. The van der Waals surface area contributed by atoms with Crippen LogP contribution in [-0.4, -0.2) is 21.2 Å². The third-order valence-electron chi connectivity index (χ3n) is 4.88. The molecule has 150 valence electrons. The quantitative estimate of drug-likeness (QED) is 0.520. The fourth-order valence-electron chi connectivity index (χ4n) is 3.33. The summed E-state index contributed by atoms with van der Waals surface area (Å²) < 4.78 is 1.63. The molecule has 6 heteroatoms.